The highest BCUT2D eigenvalue weighted by atomic mass is 35.5. The van der Waals surface area contributed by atoms with Crippen molar-refractivity contribution in [1.82, 2.24) is 0 Å². The van der Waals surface area contributed by atoms with Crippen molar-refractivity contribution in [2.45, 2.75) is 26.7 Å². The van der Waals surface area contributed by atoms with Crippen molar-refractivity contribution in [3.63, 3.8) is 0 Å². The maximum absolute atomic E-state index is 13.1. The first-order chi connectivity index (χ1) is 15.2. The van der Waals surface area contributed by atoms with Gasteiger partial charge in [0.1, 0.15) is 10.8 Å². The van der Waals surface area contributed by atoms with Gasteiger partial charge in [-0.25, -0.2) is 0 Å². The molecule has 5 nitrogen and oxygen atoms in total. The third-order valence-electron chi connectivity index (χ3n) is 5.55. The lowest BCUT2D eigenvalue weighted by Crippen LogP contribution is -2.30. The van der Waals surface area contributed by atoms with Crippen LogP contribution in [0, 0.1) is 0 Å². The van der Waals surface area contributed by atoms with Crippen LogP contribution in [0.4, 0.5) is 0 Å². The maximum atomic E-state index is 13.1. The summed E-state index contributed by atoms with van der Waals surface area (Å²) >= 11 is 6.20. The number of hydrogen-bond acceptors (Lipinski definition) is 5. The van der Waals surface area contributed by atoms with Gasteiger partial charge in [0.2, 0.25) is 17.3 Å². The lowest BCUT2D eigenvalue weighted by atomic mass is 9.79. The fraction of sp³-hybridized carbons (Fsp3) is 0.154. The summed E-state index contributed by atoms with van der Waals surface area (Å²) in [7, 11) is 0. The Morgan fingerprint density at radius 3 is 2.12 bits per heavy atom. The molecule has 0 saturated heterocycles. The zero-order valence-electron chi connectivity index (χ0n) is 17.5. The molecule has 160 valence electrons. The van der Waals surface area contributed by atoms with Crippen molar-refractivity contribution in [2.75, 3.05) is 0 Å². The Labute approximate surface area is 189 Å². The van der Waals surface area contributed by atoms with E-state index in [1.807, 2.05) is 13.8 Å². The highest BCUT2D eigenvalue weighted by molar-refractivity contribution is 6.57. The van der Waals surface area contributed by atoms with Gasteiger partial charge in [-0.05, 0) is 38.3 Å². The Bertz CT molecular complexity index is 1320. The lowest BCUT2D eigenvalue weighted by Gasteiger charge is -2.23. The minimum absolute atomic E-state index is 0.0673. The van der Waals surface area contributed by atoms with Gasteiger partial charge in [0.25, 0.3) is 0 Å². The Morgan fingerprint density at radius 1 is 0.812 bits per heavy atom. The highest BCUT2D eigenvalue weighted by Crippen LogP contribution is 2.38. The summed E-state index contributed by atoms with van der Waals surface area (Å²) in [5.74, 6) is -3.78. The second kappa shape index (κ2) is 8.17. The first-order valence-corrected chi connectivity index (χ1v) is 10.5. The molecule has 32 heavy (non-hydrogen) atoms. The molecule has 2 aliphatic carbocycles. The van der Waals surface area contributed by atoms with Crippen LogP contribution in [-0.2, 0) is 11.2 Å². The number of ketones is 4. The predicted octanol–water partition coefficient (Wildman–Crippen LogP) is 5.19. The number of carbonyl (C=O) groups is 4. The molecule has 2 aromatic carbocycles. The summed E-state index contributed by atoms with van der Waals surface area (Å²) in [5, 5.41) is 10.4. The summed E-state index contributed by atoms with van der Waals surface area (Å²) < 4.78 is 0. The molecular formula is C26H19ClO5. The second-order valence-corrected chi connectivity index (χ2v) is 8.35. The van der Waals surface area contributed by atoms with Crippen molar-refractivity contribution < 1.29 is 24.3 Å². The summed E-state index contributed by atoms with van der Waals surface area (Å²) in [5.41, 5.74) is 1.43. The standard InChI is InChI=1S/C26H19ClO5/c1-13(2)6-5-7-14-10-11-17-18(12-14)25(31)26(32)20(23(17)29)19-21(27)24(30)16-9-4-3-8-15(16)22(19)28/h3-4,6,8-12,29H,5,7H2,1-2H3. The number of aliphatic hydroxyl groups is 1. The largest absolute Gasteiger partial charge is 0.506 e. The number of rotatable bonds is 4. The molecule has 0 fully saturated rings. The van der Waals surface area contributed by atoms with E-state index in [-0.39, 0.29) is 22.3 Å². The van der Waals surface area contributed by atoms with Crippen molar-refractivity contribution >= 4 is 40.5 Å². The van der Waals surface area contributed by atoms with Crippen molar-refractivity contribution in [3.8, 4) is 0 Å². The van der Waals surface area contributed by atoms with E-state index in [4.69, 9.17) is 11.6 Å². The fourth-order valence-electron chi connectivity index (χ4n) is 3.95. The Kier molecular flexibility index (Phi) is 5.53. The number of Topliss-reactive ketones (excluding diaryl/α,β-unsaturated/α-hetero) is 4. The average Bonchev–Trinajstić information content (AvgIpc) is 2.78. The Balaban J connectivity index is 1.83. The van der Waals surface area contributed by atoms with Gasteiger partial charge in [0, 0.05) is 22.3 Å². The van der Waals surface area contributed by atoms with Crippen LogP contribution in [0.15, 0.2) is 70.3 Å². The van der Waals surface area contributed by atoms with Crippen LogP contribution in [0.5, 0.6) is 0 Å². The molecule has 0 aliphatic heterocycles. The molecule has 0 saturated carbocycles. The van der Waals surface area contributed by atoms with Gasteiger partial charge in [-0.2, -0.15) is 0 Å². The Hall–Kier alpha value is -3.57. The number of aliphatic hydroxyl groups excluding tert-OH is 1. The van der Waals surface area contributed by atoms with Gasteiger partial charge in [-0.15, -0.1) is 0 Å². The van der Waals surface area contributed by atoms with E-state index in [0.29, 0.717) is 6.42 Å². The topological polar surface area (TPSA) is 88.5 Å². The maximum Gasteiger partial charge on any atom is 0.238 e. The summed E-state index contributed by atoms with van der Waals surface area (Å²) in [6.45, 7) is 3.99. The molecule has 6 heteroatoms. The molecule has 0 aromatic heterocycles. The number of halogens is 1. The molecular weight excluding hydrogens is 428 g/mol. The van der Waals surface area contributed by atoms with Gasteiger partial charge < -0.3 is 5.11 Å². The van der Waals surface area contributed by atoms with Crippen LogP contribution in [0.3, 0.4) is 0 Å². The van der Waals surface area contributed by atoms with E-state index >= 15 is 0 Å². The minimum Gasteiger partial charge on any atom is -0.506 e. The first kappa shape index (κ1) is 21.7. The molecule has 2 aromatic rings. The molecule has 0 bridgehead atoms. The van der Waals surface area contributed by atoms with Crippen LogP contribution in [-0.4, -0.2) is 28.2 Å². The molecule has 0 unspecified atom stereocenters. The SMILES string of the molecule is CC(C)=CCCc1ccc2c(c1)C(=O)C(=O)C(C1=C(Cl)C(=O)c3ccccc3C1=O)=C2O. The molecule has 2 aliphatic rings. The van der Waals surface area contributed by atoms with Crippen molar-refractivity contribution in [2.24, 2.45) is 0 Å². The van der Waals surface area contributed by atoms with Crippen LogP contribution >= 0.6 is 11.6 Å². The number of aryl methyl sites for hydroxylation is 1. The molecule has 1 N–H and O–H groups in total. The zero-order chi connectivity index (χ0) is 23.2. The number of benzene rings is 2. The van der Waals surface area contributed by atoms with E-state index in [0.717, 1.165) is 12.0 Å². The molecule has 4 rings (SSSR count). The van der Waals surface area contributed by atoms with E-state index in [1.54, 1.807) is 30.3 Å². The zero-order valence-corrected chi connectivity index (χ0v) is 18.2. The molecule has 0 atom stereocenters. The van der Waals surface area contributed by atoms with Crippen LogP contribution < -0.4 is 0 Å². The normalized spacial score (nSPS) is 15.7. The van der Waals surface area contributed by atoms with Gasteiger partial charge in [0.15, 0.2) is 5.78 Å². The molecule has 0 spiro atoms. The van der Waals surface area contributed by atoms with E-state index < -0.39 is 45.1 Å². The van der Waals surface area contributed by atoms with Crippen LogP contribution in [0.2, 0.25) is 0 Å². The van der Waals surface area contributed by atoms with Gasteiger partial charge >= 0.3 is 0 Å². The third-order valence-corrected chi connectivity index (χ3v) is 5.91. The number of fused-ring (bicyclic) bond motifs is 2. The van der Waals surface area contributed by atoms with Crippen LogP contribution in [0.25, 0.3) is 5.76 Å². The summed E-state index contributed by atoms with van der Waals surface area (Å²) in [6.07, 6.45) is 3.51. The monoisotopic (exact) mass is 446 g/mol. The second-order valence-electron chi connectivity index (χ2n) is 7.97. The first-order valence-electron chi connectivity index (χ1n) is 10.1. The van der Waals surface area contributed by atoms with Gasteiger partial charge in [-0.1, -0.05) is 59.6 Å². The summed E-state index contributed by atoms with van der Waals surface area (Å²) in [6, 6.07) is 11.0. The molecule has 0 amide bonds. The Morgan fingerprint density at radius 2 is 1.47 bits per heavy atom. The van der Waals surface area contributed by atoms with Crippen molar-refractivity contribution in [3.05, 3.63) is 98.1 Å². The van der Waals surface area contributed by atoms with E-state index in [1.165, 1.54) is 17.7 Å². The average molecular weight is 447 g/mol. The van der Waals surface area contributed by atoms with Gasteiger partial charge in [0.05, 0.1) is 11.1 Å². The molecule has 0 heterocycles. The lowest BCUT2D eigenvalue weighted by molar-refractivity contribution is -0.111. The predicted molar refractivity (Wildman–Crippen MR) is 121 cm³/mol. The molecule has 0 radical (unpaired) electrons. The highest BCUT2D eigenvalue weighted by Gasteiger charge is 2.41. The third kappa shape index (κ3) is 3.45. The van der Waals surface area contributed by atoms with Crippen LogP contribution in [0.1, 0.15) is 62.5 Å². The number of hydrogen-bond donors (Lipinski definition) is 1. The minimum atomic E-state index is -1.06. The van der Waals surface area contributed by atoms with E-state index in [2.05, 4.69) is 6.08 Å². The number of allylic oxidation sites excluding steroid dienone is 5. The fourth-order valence-corrected chi connectivity index (χ4v) is 4.23. The van der Waals surface area contributed by atoms with Gasteiger partial charge in [-0.3, -0.25) is 19.2 Å². The van der Waals surface area contributed by atoms with Crippen molar-refractivity contribution in [1.29, 1.82) is 0 Å². The smallest absolute Gasteiger partial charge is 0.238 e. The summed E-state index contributed by atoms with van der Waals surface area (Å²) in [4.78, 5) is 51.7. The van der Waals surface area contributed by atoms with E-state index in [9.17, 15) is 24.3 Å². The number of carbonyl (C=O) groups excluding carboxylic acids is 4. The quantitative estimate of drug-likeness (QED) is 0.515.